The van der Waals surface area contributed by atoms with Gasteiger partial charge in [0.1, 0.15) is 11.2 Å². The molecule has 4 aliphatic carbocycles. The number of carbonyl (C=O) groups is 6. The van der Waals surface area contributed by atoms with E-state index in [1.165, 1.54) is 13.8 Å². The van der Waals surface area contributed by atoms with Gasteiger partial charge >= 0.3 is 12.2 Å². The van der Waals surface area contributed by atoms with Crippen LogP contribution in [0.2, 0.25) is 0 Å². The van der Waals surface area contributed by atoms with Gasteiger partial charge in [-0.15, -0.1) is 0 Å². The van der Waals surface area contributed by atoms with Crippen molar-refractivity contribution in [1.29, 1.82) is 0 Å². The maximum Gasteiger partial charge on any atom is 0.411 e. The number of primary amides is 2. The summed E-state index contributed by atoms with van der Waals surface area (Å²) in [6.45, 7) is 6.66. The molecule has 2 heterocycles. The zero-order valence-electron chi connectivity index (χ0n) is 34.6. The van der Waals surface area contributed by atoms with E-state index in [1.807, 2.05) is 47.6 Å². The number of rotatable bonds is 9. The SMILES string of the molecule is Cc1cccc(N(C2CCCN2[C@@]2(C(=O)NC(=O)O)c3ccc(cc3)CC(C(N)=O)C2(C)O)C2CCCN2[C@@]2(C(=O)NC(=O)O)c3ccc(cc3)CC(C(N)=O)C2(C)O)c1C. The Labute approximate surface area is 352 Å². The van der Waals surface area contributed by atoms with Crippen LogP contribution in [0.5, 0.6) is 0 Å². The van der Waals surface area contributed by atoms with Crippen LogP contribution in [0.25, 0.3) is 0 Å². The van der Waals surface area contributed by atoms with E-state index in [2.05, 4.69) is 0 Å². The van der Waals surface area contributed by atoms with E-state index in [4.69, 9.17) is 11.5 Å². The van der Waals surface area contributed by atoms with Crippen molar-refractivity contribution >= 4 is 41.5 Å². The molecule has 4 bridgehead atoms. The van der Waals surface area contributed by atoms with Crippen molar-refractivity contribution in [3.8, 4) is 0 Å². The number of anilines is 1. The number of amides is 6. The third-order valence-electron chi connectivity index (χ3n) is 14.0. The quantitative estimate of drug-likeness (QED) is 0.154. The molecule has 324 valence electrons. The molecule has 0 saturated carbocycles. The van der Waals surface area contributed by atoms with Crippen molar-refractivity contribution in [1.82, 2.24) is 20.4 Å². The van der Waals surface area contributed by atoms with Crippen LogP contribution in [0.1, 0.15) is 72.9 Å². The zero-order valence-corrected chi connectivity index (χ0v) is 34.6. The van der Waals surface area contributed by atoms with Gasteiger partial charge in [-0.3, -0.25) is 39.6 Å². The highest BCUT2D eigenvalue weighted by atomic mass is 16.4. The molecule has 0 aromatic heterocycles. The molecule has 3 aromatic rings. The van der Waals surface area contributed by atoms with Gasteiger partial charge in [-0.2, -0.15) is 0 Å². The van der Waals surface area contributed by atoms with Crippen LogP contribution < -0.4 is 27.0 Å². The number of imide groups is 2. The van der Waals surface area contributed by atoms with Crippen molar-refractivity contribution in [2.45, 2.75) is 101 Å². The number of carbonyl (C=O) groups excluding carboxylic acids is 4. The summed E-state index contributed by atoms with van der Waals surface area (Å²) in [5.41, 5.74) is 6.79. The third-order valence-corrected chi connectivity index (χ3v) is 14.0. The normalized spacial score (nSPS) is 31.0. The minimum absolute atomic E-state index is 0.0591. The molecule has 2 aliphatic heterocycles. The Kier molecular flexibility index (Phi) is 11.0. The molecule has 2 fully saturated rings. The Balaban J connectivity index is 1.53. The van der Waals surface area contributed by atoms with E-state index in [1.54, 1.807) is 58.3 Å². The van der Waals surface area contributed by atoms with E-state index in [9.17, 15) is 39.6 Å². The van der Waals surface area contributed by atoms with E-state index in [0.717, 1.165) is 11.1 Å². The second-order valence-corrected chi connectivity index (χ2v) is 17.2. The molecule has 17 heteroatoms. The summed E-state index contributed by atoms with van der Waals surface area (Å²) in [6.07, 6.45) is -3.91. The molecule has 0 spiro atoms. The number of hydrogen-bond acceptors (Lipinski definition) is 11. The minimum Gasteiger partial charge on any atom is -0.465 e. The summed E-state index contributed by atoms with van der Waals surface area (Å²) >= 11 is 0. The van der Waals surface area contributed by atoms with Crippen molar-refractivity contribution in [2.24, 2.45) is 23.3 Å². The Morgan fingerprint density at radius 3 is 1.41 bits per heavy atom. The largest absolute Gasteiger partial charge is 0.465 e. The smallest absolute Gasteiger partial charge is 0.411 e. The van der Waals surface area contributed by atoms with Gasteiger partial charge in [0.05, 0.1) is 24.2 Å². The standard InChI is InChI=1S/C44H53N7O10/c1-24-8-5-9-32(25(24)2)51(33-10-6-20-49(33)43(37(54)47-39(56)57)28-16-12-26(13-17-28)22-30(35(45)52)41(43,3)60)34-11-7-21-50(34)44(38(55)48-40(58)59)29-18-14-27(15-19-29)23-31(36(46)53)42(44,4)61/h5,8-9,12-19,30-31,33-34,60-61H,6-7,10-11,20-23H2,1-4H3,(H2,45,52)(H2,46,53)(H,47,54)(H,48,55)(H,56,57)(H,58,59)/t30?,31?,33?,34?,41?,42?,43-,44-/m1/s1. The molecule has 10 N–H and O–H groups in total. The first-order valence-electron chi connectivity index (χ1n) is 20.4. The lowest BCUT2D eigenvalue weighted by atomic mass is 9.63. The lowest BCUT2D eigenvalue weighted by Gasteiger charge is -2.59. The summed E-state index contributed by atoms with van der Waals surface area (Å²) in [5, 5.41) is 50.2. The lowest BCUT2D eigenvalue weighted by molar-refractivity contribution is -0.179. The first kappa shape index (κ1) is 43.2. The average molecular weight is 840 g/mol. The topological polar surface area (TPSA) is 269 Å². The van der Waals surface area contributed by atoms with Crippen molar-refractivity contribution in [2.75, 3.05) is 18.0 Å². The van der Waals surface area contributed by atoms with E-state index >= 15 is 9.59 Å². The minimum atomic E-state index is -2.35. The van der Waals surface area contributed by atoms with Gasteiger partial charge in [-0.05, 0) is 106 Å². The first-order chi connectivity index (χ1) is 28.7. The van der Waals surface area contributed by atoms with Gasteiger partial charge in [0.25, 0.3) is 11.8 Å². The Morgan fingerprint density at radius 1 is 0.656 bits per heavy atom. The first-order valence-corrected chi connectivity index (χ1v) is 20.4. The highest BCUT2D eigenvalue weighted by Crippen LogP contribution is 2.54. The number of likely N-dealkylation sites (tertiary alicyclic amines) is 2. The molecule has 2 saturated heterocycles. The number of hydrogen-bond donors (Lipinski definition) is 8. The molecule has 6 aliphatic rings. The number of benzene rings is 3. The second-order valence-electron chi connectivity index (χ2n) is 17.2. The van der Waals surface area contributed by atoms with Crippen LogP contribution in [-0.4, -0.2) is 103 Å². The Morgan fingerprint density at radius 2 is 1.05 bits per heavy atom. The second kappa shape index (κ2) is 15.5. The van der Waals surface area contributed by atoms with Gasteiger partial charge in [-0.25, -0.2) is 9.59 Å². The zero-order chi connectivity index (χ0) is 44.4. The molecule has 0 radical (unpaired) electrons. The van der Waals surface area contributed by atoms with Gasteiger partial charge in [0, 0.05) is 18.8 Å². The van der Waals surface area contributed by atoms with Crippen LogP contribution in [0.3, 0.4) is 0 Å². The summed E-state index contributed by atoms with van der Waals surface area (Å²) in [4.78, 5) is 87.1. The van der Waals surface area contributed by atoms with Crippen LogP contribution >= 0.6 is 0 Å². The fraction of sp³-hybridized carbons (Fsp3) is 0.455. The van der Waals surface area contributed by atoms with Crippen molar-refractivity contribution in [3.05, 3.63) is 100 Å². The molecule has 61 heavy (non-hydrogen) atoms. The molecule has 6 unspecified atom stereocenters. The number of nitrogens with two attached hydrogens (primary N) is 2. The van der Waals surface area contributed by atoms with Crippen molar-refractivity contribution in [3.63, 3.8) is 0 Å². The van der Waals surface area contributed by atoms with E-state index in [-0.39, 0.29) is 37.1 Å². The monoisotopic (exact) mass is 839 g/mol. The molecule has 3 aromatic carbocycles. The summed E-state index contributed by atoms with van der Waals surface area (Å²) < 4.78 is 0. The predicted octanol–water partition coefficient (Wildman–Crippen LogP) is 2.15. The Bertz CT molecular complexity index is 2150. The van der Waals surface area contributed by atoms with Gasteiger partial charge in [0.15, 0.2) is 11.1 Å². The van der Waals surface area contributed by atoms with Crippen molar-refractivity contribution < 1.29 is 49.2 Å². The molecular weight excluding hydrogens is 787 g/mol. The number of nitrogens with zero attached hydrogens (tertiary/aromatic N) is 3. The maximum absolute atomic E-state index is 15.0. The van der Waals surface area contributed by atoms with Crippen LogP contribution in [0, 0.1) is 25.7 Å². The fourth-order valence-corrected chi connectivity index (χ4v) is 11.1. The molecule has 8 atom stereocenters. The van der Waals surface area contributed by atoms with Gasteiger partial charge in [-0.1, -0.05) is 60.7 Å². The summed E-state index contributed by atoms with van der Waals surface area (Å²) in [7, 11) is 0. The fourth-order valence-electron chi connectivity index (χ4n) is 11.1. The van der Waals surface area contributed by atoms with Crippen LogP contribution in [-0.2, 0) is 43.1 Å². The third kappa shape index (κ3) is 6.52. The molecular formula is C44H53N7O10. The summed E-state index contributed by atoms with van der Waals surface area (Å²) in [5.74, 6) is -6.81. The average Bonchev–Trinajstić information content (AvgIpc) is 3.85. The summed E-state index contributed by atoms with van der Waals surface area (Å²) in [6, 6.07) is 19.0. The molecule has 17 nitrogen and oxygen atoms in total. The van der Waals surface area contributed by atoms with Crippen LogP contribution in [0.15, 0.2) is 66.7 Å². The molecule has 9 rings (SSSR count). The number of fused-ring (bicyclic) bond motifs is 10. The lowest BCUT2D eigenvalue weighted by Crippen LogP contribution is -2.76. The number of carboxylic acid groups (broad SMARTS) is 2. The van der Waals surface area contributed by atoms with Gasteiger partial charge < -0.3 is 36.8 Å². The van der Waals surface area contributed by atoms with E-state index in [0.29, 0.717) is 42.5 Å². The highest BCUT2D eigenvalue weighted by Gasteiger charge is 2.68. The van der Waals surface area contributed by atoms with Gasteiger partial charge in [0.2, 0.25) is 11.8 Å². The number of aliphatic hydroxyl groups is 2. The maximum atomic E-state index is 15.0. The number of nitrogens with one attached hydrogen (secondary N) is 2. The van der Waals surface area contributed by atoms with Crippen LogP contribution in [0.4, 0.5) is 15.3 Å². The molecule has 6 amide bonds. The number of aryl methyl sites for hydroxylation is 1. The highest BCUT2D eigenvalue weighted by molar-refractivity contribution is 6.01. The Hall–Kier alpha value is -5.88. The van der Waals surface area contributed by atoms with E-state index < -0.39 is 82.3 Å². The predicted molar refractivity (Wildman–Crippen MR) is 220 cm³/mol.